The summed E-state index contributed by atoms with van der Waals surface area (Å²) in [6, 6.07) is 24.0. The van der Waals surface area contributed by atoms with Gasteiger partial charge >= 0.3 is 6.03 Å². The van der Waals surface area contributed by atoms with Gasteiger partial charge in [-0.2, -0.15) is 0 Å². The Bertz CT molecular complexity index is 1630. The van der Waals surface area contributed by atoms with Crippen molar-refractivity contribution in [3.05, 3.63) is 105 Å². The number of amides is 4. The van der Waals surface area contributed by atoms with E-state index in [1.165, 1.54) is 6.08 Å². The third-order valence-electron chi connectivity index (χ3n) is 6.23. The molecule has 7 nitrogen and oxygen atoms in total. The maximum Gasteiger partial charge on any atom is 0.335 e. The van der Waals surface area contributed by atoms with Crippen LogP contribution in [0.4, 0.5) is 10.5 Å². The van der Waals surface area contributed by atoms with Crippen LogP contribution in [-0.2, 0) is 16.2 Å². The predicted molar refractivity (Wildman–Crippen MR) is 159 cm³/mol. The molecule has 0 aromatic heterocycles. The van der Waals surface area contributed by atoms with Crippen LogP contribution in [0, 0.1) is 10.5 Å². The number of urea groups is 1. The zero-order valence-corrected chi connectivity index (χ0v) is 23.5. The number of benzene rings is 4. The minimum absolute atomic E-state index is 0.154. The normalized spacial score (nSPS) is 14.6. The Morgan fingerprint density at radius 2 is 1.64 bits per heavy atom. The van der Waals surface area contributed by atoms with Gasteiger partial charge in [0.1, 0.15) is 12.2 Å². The summed E-state index contributed by atoms with van der Waals surface area (Å²) < 4.78 is 12.8. The van der Waals surface area contributed by atoms with E-state index in [0.717, 1.165) is 30.4 Å². The molecule has 4 amide bonds. The van der Waals surface area contributed by atoms with Crippen LogP contribution in [0.5, 0.6) is 11.5 Å². The number of halogens is 1. The Morgan fingerprint density at radius 3 is 2.38 bits per heavy atom. The summed E-state index contributed by atoms with van der Waals surface area (Å²) in [5.41, 5.74) is 2.79. The Hall–Kier alpha value is -4.18. The molecule has 1 fully saturated rings. The van der Waals surface area contributed by atoms with Gasteiger partial charge in [-0.1, -0.05) is 54.1 Å². The molecule has 8 heteroatoms. The van der Waals surface area contributed by atoms with E-state index in [2.05, 4.69) is 52.2 Å². The summed E-state index contributed by atoms with van der Waals surface area (Å²) in [4.78, 5) is 39.4. The number of nitrogens with one attached hydrogen (secondary N) is 1. The number of anilines is 1. The van der Waals surface area contributed by atoms with Crippen LogP contribution in [-0.4, -0.2) is 24.5 Å². The van der Waals surface area contributed by atoms with Gasteiger partial charge < -0.3 is 9.47 Å². The lowest BCUT2D eigenvalue weighted by Crippen LogP contribution is -2.54. The summed E-state index contributed by atoms with van der Waals surface area (Å²) in [6.45, 7) is 4.52. The lowest BCUT2D eigenvalue weighted by Gasteiger charge is -2.26. The van der Waals surface area contributed by atoms with Gasteiger partial charge in [0, 0.05) is 0 Å². The number of hydrogen-bond acceptors (Lipinski definition) is 5. The van der Waals surface area contributed by atoms with E-state index in [1.807, 2.05) is 32.0 Å². The van der Waals surface area contributed by atoms with E-state index in [4.69, 9.17) is 9.47 Å². The van der Waals surface area contributed by atoms with E-state index in [9.17, 15) is 14.4 Å². The van der Waals surface area contributed by atoms with Crippen LogP contribution in [0.15, 0.2) is 84.4 Å². The highest BCUT2D eigenvalue weighted by Gasteiger charge is 2.36. The molecule has 1 N–H and O–H groups in total. The van der Waals surface area contributed by atoms with Crippen molar-refractivity contribution >= 4 is 63.0 Å². The third-order valence-corrected chi connectivity index (χ3v) is 7.03. The Morgan fingerprint density at radius 1 is 0.897 bits per heavy atom. The molecule has 0 aliphatic carbocycles. The van der Waals surface area contributed by atoms with Crippen LogP contribution >= 0.6 is 22.6 Å². The lowest BCUT2D eigenvalue weighted by atomic mass is 10.1. The quantitative estimate of drug-likeness (QED) is 0.145. The van der Waals surface area contributed by atoms with Gasteiger partial charge in [0.25, 0.3) is 11.8 Å². The van der Waals surface area contributed by atoms with Gasteiger partial charge in [0.05, 0.1) is 15.9 Å². The number of nitrogens with zero attached hydrogens (tertiary/aromatic N) is 1. The van der Waals surface area contributed by atoms with Crippen molar-refractivity contribution in [1.29, 1.82) is 0 Å². The molecule has 5 rings (SSSR count). The van der Waals surface area contributed by atoms with Gasteiger partial charge in [-0.3, -0.25) is 14.9 Å². The van der Waals surface area contributed by atoms with Crippen LogP contribution in [0.25, 0.3) is 16.8 Å². The number of rotatable bonds is 7. The Balaban J connectivity index is 1.43. The van der Waals surface area contributed by atoms with Crippen molar-refractivity contribution in [3.63, 3.8) is 0 Å². The van der Waals surface area contributed by atoms with Gasteiger partial charge in [-0.05, 0) is 94.7 Å². The second kappa shape index (κ2) is 11.3. The number of ether oxygens (including phenoxy) is 2. The summed E-state index contributed by atoms with van der Waals surface area (Å²) in [5.74, 6) is -0.383. The molecule has 0 radical (unpaired) electrons. The molecule has 1 aliphatic rings. The molecule has 0 unspecified atom stereocenters. The molecular weight excluding hydrogens is 607 g/mol. The highest BCUT2D eigenvalue weighted by molar-refractivity contribution is 14.1. The van der Waals surface area contributed by atoms with E-state index < -0.39 is 17.8 Å². The molecule has 4 aromatic rings. The van der Waals surface area contributed by atoms with Crippen molar-refractivity contribution < 1.29 is 23.9 Å². The number of carbonyl (C=O) groups excluding carboxylic acids is 3. The predicted octanol–water partition coefficient (Wildman–Crippen LogP) is 6.40. The SMILES string of the molecule is CCOc1cc(/C=C2\C(=O)NC(=O)N(c3ccc(C)cc3)C2=O)cc(I)c1OCc1ccc2ccccc2c1. The van der Waals surface area contributed by atoms with Gasteiger partial charge in [-0.15, -0.1) is 0 Å². The van der Waals surface area contributed by atoms with Gasteiger partial charge in [0.2, 0.25) is 0 Å². The molecule has 39 heavy (non-hydrogen) atoms. The second-order valence-electron chi connectivity index (χ2n) is 9.03. The summed E-state index contributed by atoms with van der Waals surface area (Å²) in [7, 11) is 0. The molecule has 0 spiro atoms. The molecule has 196 valence electrons. The third kappa shape index (κ3) is 5.65. The Labute approximate surface area is 239 Å². The average Bonchev–Trinajstić information content (AvgIpc) is 2.91. The highest BCUT2D eigenvalue weighted by Crippen LogP contribution is 2.36. The molecule has 1 heterocycles. The highest BCUT2D eigenvalue weighted by atomic mass is 127. The number of fused-ring (bicyclic) bond motifs is 1. The molecule has 1 aliphatic heterocycles. The molecule has 1 saturated heterocycles. The molecule has 0 atom stereocenters. The van der Waals surface area contributed by atoms with Crippen LogP contribution in [0.2, 0.25) is 0 Å². The first-order chi connectivity index (χ1) is 18.8. The van der Waals surface area contributed by atoms with Crippen molar-refractivity contribution in [3.8, 4) is 11.5 Å². The van der Waals surface area contributed by atoms with E-state index >= 15 is 0 Å². The summed E-state index contributed by atoms with van der Waals surface area (Å²) >= 11 is 2.15. The fraction of sp³-hybridized carbons (Fsp3) is 0.129. The zero-order valence-electron chi connectivity index (χ0n) is 21.4. The average molecular weight is 632 g/mol. The number of barbiturate groups is 1. The fourth-order valence-electron chi connectivity index (χ4n) is 4.31. The molecule has 0 saturated carbocycles. The van der Waals surface area contributed by atoms with E-state index in [1.54, 1.807) is 36.4 Å². The second-order valence-corrected chi connectivity index (χ2v) is 10.2. The standard InChI is InChI=1S/C31H25IN2O5/c1-3-38-27-17-21(15-25-29(35)33-31(37)34(30(25)36)24-12-8-19(2)9-13-24)16-26(32)28(27)39-18-20-10-11-22-6-4-5-7-23(22)14-20/h4-17H,3,18H2,1-2H3,(H,33,35,37)/b25-15+. The van der Waals surface area contributed by atoms with Crippen LogP contribution < -0.4 is 19.7 Å². The van der Waals surface area contributed by atoms with Crippen LogP contribution in [0.3, 0.4) is 0 Å². The smallest absolute Gasteiger partial charge is 0.335 e. The topological polar surface area (TPSA) is 84.9 Å². The Kier molecular flexibility index (Phi) is 7.65. The minimum atomic E-state index is -0.784. The summed E-state index contributed by atoms with van der Waals surface area (Å²) in [6.07, 6.45) is 1.46. The zero-order chi connectivity index (χ0) is 27.5. The van der Waals surface area contributed by atoms with Crippen molar-refractivity contribution in [2.24, 2.45) is 0 Å². The largest absolute Gasteiger partial charge is 0.490 e. The van der Waals surface area contributed by atoms with E-state index in [0.29, 0.717) is 36.0 Å². The number of carbonyl (C=O) groups is 3. The molecule has 0 bridgehead atoms. The minimum Gasteiger partial charge on any atom is -0.490 e. The molecular formula is C31H25IN2O5. The van der Waals surface area contributed by atoms with Gasteiger partial charge in [0.15, 0.2) is 11.5 Å². The van der Waals surface area contributed by atoms with Crippen LogP contribution in [0.1, 0.15) is 23.6 Å². The van der Waals surface area contributed by atoms with Crippen molar-refractivity contribution in [1.82, 2.24) is 5.32 Å². The van der Waals surface area contributed by atoms with Crippen molar-refractivity contribution in [2.45, 2.75) is 20.5 Å². The first kappa shape index (κ1) is 26.4. The first-order valence-electron chi connectivity index (χ1n) is 12.4. The number of imide groups is 2. The van der Waals surface area contributed by atoms with E-state index in [-0.39, 0.29) is 5.57 Å². The first-order valence-corrected chi connectivity index (χ1v) is 13.5. The maximum atomic E-state index is 13.3. The maximum absolute atomic E-state index is 13.3. The lowest BCUT2D eigenvalue weighted by molar-refractivity contribution is -0.122. The number of hydrogen-bond donors (Lipinski definition) is 1. The fourth-order valence-corrected chi connectivity index (χ4v) is 5.09. The summed E-state index contributed by atoms with van der Waals surface area (Å²) in [5, 5.41) is 4.55. The van der Waals surface area contributed by atoms with Gasteiger partial charge in [-0.25, -0.2) is 9.69 Å². The monoisotopic (exact) mass is 632 g/mol. The number of aryl methyl sites for hydroxylation is 1. The molecule has 4 aromatic carbocycles. The van der Waals surface area contributed by atoms with Crippen molar-refractivity contribution in [2.75, 3.05) is 11.5 Å².